The number of fused-ring (bicyclic) bond motifs is 1. The molecule has 0 unspecified atom stereocenters. The minimum atomic E-state index is -0.364. The van der Waals surface area contributed by atoms with Gasteiger partial charge in [-0.3, -0.25) is 4.79 Å². The summed E-state index contributed by atoms with van der Waals surface area (Å²) in [5.41, 5.74) is 2.41. The van der Waals surface area contributed by atoms with Crippen molar-refractivity contribution in [3.05, 3.63) is 64.2 Å². The molecule has 1 aliphatic carbocycles. The molecule has 1 heterocycles. The third kappa shape index (κ3) is 2.81. The number of aromatic nitrogens is 1. The molecule has 25 heavy (non-hydrogen) atoms. The number of ether oxygens (including phenoxy) is 1. The summed E-state index contributed by atoms with van der Waals surface area (Å²) in [4.78, 5) is 12.6. The molecule has 1 N–H and O–H groups in total. The highest BCUT2D eigenvalue weighted by molar-refractivity contribution is 5.88. The highest BCUT2D eigenvalue weighted by atomic mass is 19.1. The molecule has 3 aromatic rings. The maximum Gasteiger partial charge on any atom is 0.251 e. The molecule has 4 nitrogen and oxygen atoms in total. The quantitative estimate of drug-likeness (QED) is 0.782. The molecule has 0 aliphatic heterocycles. The molecule has 0 spiro atoms. The molecular formula is C20H18FNO3. The summed E-state index contributed by atoms with van der Waals surface area (Å²) in [6.45, 7) is 0.259. The van der Waals surface area contributed by atoms with E-state index in [0.717, 1.165) is 18.4 Å². The lowest BCUT2D eigenvalue weighted by Crippen LogP contribution is -2.20. The van der Waals surface area contributed by atoms with Gasteiger partial charge in [-0.1, -0.05) is 12.1 Å². The van der Waals surface area contributed by atoms with Crippen LogP contribution in [0.3, 0.4) is 0 Å². The van der Waals surface area contributed by atoms with E-state index < -0.39 is 0 Å². The van der Waals surface area contributed by atoms with E-state index in [0.29, 0.717) is 22.1 Å². The summed E-state index contributed by atoms with van der Waals surface area (Å²) in [6, 6.07) is 11.3. The van der Waals surface area contributed by atoms with Gasteiger partial charge in [0.05, 0.1) is 12.1 Å². The van der Waals surface area contributed by atoms with Crippen LogP contribution in [0.5, 0.6) is 5.75 Å². The molecule has 4 rings (SSSR count). The summed E-state index contributed by atoms with van der Waals surface area (Å²) in [5, 5.41) is 10.2. The molecule has 1 aromatic heterocycles. The minimum absolute atomic E-state index is 0.0784. The summed E-state index contributed by atoms with van der Waals surface area (Å²) < 4.78 is 21.7. The Morgan fingerprint density at radius 3 is 2.56 bits per heavy atom. The Kier molecular flexibility index (Phi) is 3.81. The van der Waals surface area contributed by atoms with Crippen molar-refractivity contribution in [1.82, 2.24) is 4.57 Å². The van der Waals surface area contributed by atoms with E-state index in [1.165, 1.54) is 18.2 Å². The number of rotatable bonds is 4. The van der Waals surface area contributed by atoms with E-state index in [4.69, 9.17) is 4.74 Å². The molecule has 2 aromatic carbocycles. The topological polar surface area (TPSA) is 51.5 Å². The van der Waals surface area contributed by atoms with Crippen molar-refractivity contribution in [1.29, 1.82) is 0 Å². The normalized spacial score (nSPS) is 14.2. The van der Waals surface area contributed by atoms with E-state index in [2.05, 4.69) is 0 Å². The number of benzene rings is 2. The van der Waals surface area contributed by atoms with Gasteiger partial charge in [-0.15, -0.1) is 0 Å². The minimum Gasteiger partial charge on any atom is -0.508 e. The highest BCUT2D eigenvalue weighted by Crippen LogP contribution is 2.38. The fourth-order valence-corrected chi connectivity index (χ4v) is 3.28. The first-order valence-electron chi connectivity index (χ1n) is 8.24. The van der Waals surface area contributed by atoms with Gasteiger partial charge in [0.2, 0.25) is 0 Å². The second-order valence-corrected chi connectivity index (χ2v) is 6.44. The molecule has 0 atom stereocenters. The Morgan fingerprint density at radius 1 is 1.20 bits per heavy atom. The van der Waals surface area contributed by atoms with E-state index in [9.17, 15) is 14.3 Å². The lowest BCUT2D eigenvalue weighted by Gasteiger charge is -2.15. The molecule has 0 radical (unpaired) electrons. The predicted octanol–water partition coefficient (Wildman–Crippen LogP) is 3.99. The van der Waals surface area contributed by atoms with Crippen LogP contribution in [0.25, 0.3) is 22.0 Å². The molecule has 128 valence electrons. The molecule has 0 saturated heterocycles. The number of pyridine rings is 1. The van der Waals surface area contributed by atoms with Crippen molar-refractivity contribution >= 4 is 10.9 Å². The number of hydrogen-bond acceptors (Lipinski definition) is 3. The van der Waals surface area contributed by atoms with Crippen molar-refractivity contribution in [2.45, 2.75) is 25.5 Å². The number of phenols is 1. The van der Waals surface area contributed by atoms with E-state index in [1.807, 2.05) is 0 Å². The van der Waals surface area contributed by atoms with Crippen LogP contribution < -0.4 is 5.56 Å². The first kappa shape index (κ1) is 15.8. The van der Waals surface area contributed by atoms with Gasteiger partial charge >= 0.3 is 0 Å². The van der Waals surface area contributed by atoms with Crippen LogP contribution in [0.1, 0.15) is 24.4 Å². The van der Waals surface area contributed by atoms with Crippen molar-refractivity contribution in [2.24, 2.45) is 0 Å². The van der Waals surface area contributed by atoms with E-state index >= 15 is 0 Å². The fourth-order valence-electron chi connectivity index (χ4n) is 3.28. The molecular weight excluding hydrogens is 321 g/mol. The van der Waals surface area contributed by atoms with Crippen LogP contribution in [0.2, 0.25) is 0 Å². The first-order chi connectivity index (χ1) is 12.1. The van der Waals surface area contributed by atoms with Gasteiger partial charge in [0.1, 0.15) is 11.6 Å². The van der Waals surface area contributed by atoms with Crippen LogP contribution in [0, 0.1) is 5.82 Å². The zero-order valence-electron chi connectivity index (χ0n) is 13.8. The molecule has 0 bridgehead atoms. The maximum absolute atomic E-state index is 14.8. The lowest BCUT2D eigenvalue weighted by molar-refractivity contribution is 0.186. The van der Waals surface area contributed by atoms with Crippen molar-refractivity contribution in [2.75, 3.05) is 7.11 Å². The van der Waals surface area contributed by atoms with Gasteiger partial charge in [-0.05, 0) is 48.2 Å². The Bertz CT molecular complexity index is 1000. The zero-order valence-corrected chi connectivity index (χ0v) is 13.8. The number of halogens is 1. The Labute approximate surface area is 144 Å². The number of hydrogen-bond donors (Lipinski definition) is 1. The summed E-state index contributed by atoms with van der Waals surface area (Å²) in [7, 11) is 1.55. The van der Waals surface area contributed by atoms with Gasteiger partial charge in [-0.25, -0.2) is 4.39 Å². The average molecular weight is 339 g/mol. The Morgan fingerprint density at radius 2 is 1.92 bits per heavy atom. The van der Waals surface area contributed by atoms with Crippen LogP contribution in [0.4, 0.5) is 4.39 Å². The van der Waals surface area contributed by atoms with Crippen LogP contribution in [-0.2, 0) is 11.3 Å². The Balaban J connectivity index is 2.01. The number of aromatic hydroxyl groups is 1. The van der Waals surface area contributed by atoms with E-state index in [1.54, 1.807) is 35.9 Å². The third-order valence-electron chi connectivity index (χ3n) is 4.62. The second kappa shape index (κ2) is 6.01. The average Bonchev–Trinajstić information content (AvgIpc) is 3.41. The second-order valence-electron chi connectivity index (χ2n) is 6.44. The largest absolute Gasteiger partial charge is 0.508 e. The molecule has 1 saturated carbocycles. The third-order valence-corrected chi connectivity index (χ3v) is 4.62. The lowest BCUT2D eigenvalue weighted by atomic mass is 10.0. The van der Waals surface area contributed by atoms with Gasteiger partial charge in [0.15, 0.2) is 0 Å². The highest BCUT2D eigenvalue weighted by Gasteiger charge is 2.27. The molecule has 1 fully saturated rings. The SMILES string of the molecule is COCc1cc(=O)n(C2CC2)c2cc(-c3ccc(O)cc3)c(F)cc12. The number of methoxy groups -OCH3 is 1. The zero-order chi connectivity index (χ0) is 17.6. The van der Waals surface area contributed by atoms with Crippen molar-refractivity contribution in [3.63, 3.8) is 0 Å². The monoisotopic (exact) mass is 339 g/mol. The van der Waals surface area contributed by atoms with Crippen LogP contribution in [0.15, 0.2) is 47.3 Å². The molecule has 1 aliphatic rings. The molecule has 5 heteroatoms. The standard InChI is InChI=1S/C20H18FNO3/c1-25-11-13-8-20(24)22(14-4-5-14)19-10-16(18(21)9-17(13)19)12-2-6-15(23)7-3-12/h2-3,6-10,14,23H,4-5,11H2,1H3. The fraction of sp³-hybridized carbons (Fsp3) is 0.250. The summed E-state index contributed by atoms with van der Waals surface area (Å²) in [6.07, 6.45) is 1.93. The number of nitrogens with zero attached hydrogens (tertiary/aromatic N) is 1. The van der Waals surface area contributed by atoms with E-state index in [-0.39, 0.29) is 29.8 Å². The predicted molar refractivity (Wildman–Crippen MR) is 94.3 cm³/mol. The summed E-state index contributed by atoms with van der Waals surface area (Å²) >= 11 is 0. The van der Waals surface area contributed by atoms with Gasteiger partial charge in [0, 0.05) is 30.2 Å². The van der Waals surface area contributed by atoms with Crippen LogP contribution >= 0.6 is 0 Å². The van der Waals surface area contributed by atoms with Crippen molar-refractivity contribution < 1.29 is 14.2 Å². The van der Waals surface area contributed by atoms with Gasteiger partial charge < -0.3 is 14.4 Å². The Hall–Kier alpha value is -2.66. The van der Waals surface area contributed by atoms with Gasteiger partial charge in [0.25, 0.3) is 5.56 Å². The maximum atomic E-state index is 14.8. The molecule has 0 amide bonds. The van der Waals surface area contributed by atoms with Gasteiger partial charge in [-0.2, -0.15) is 0 Å². The summed E-state index contributed by atoms with van der Waals surface area (Å²) in [5.74, 6) is -0.237. The first-order valence-corrected chi connectivity index (χ1v) is 8.24. The van der Waals surface area contributed by atoms with Crippen LogP contribution in [-0.4, -0.2) is 16.8 Å². The smallest absolute Gasteiger partial charge is 0.251 e. The number of phenolic OH excluding ortho intramolecular Hbond substituents is 1. The van der Waals surface area contributed by atoms with Crippen molar-refractivity contribution in [3.8, 4) is 16.9 Å².